The van der Waals surface area contributed by atoms with Gasteiger partial charge in [0, 0.05) is 18.2 Å². The monoisotopic (exact) mass is 665 g/mol. The van der Waals surface area contributed by atoms with Gasteiger partial charge in [0.05, 0.1) is 36.8 Å². The van der Waals surface area contributed by atoms with Crippen LogP contribution in [-0.4, -0.2) is 87.0 Å². The van der Waals surface area contributed by atoms with Gasteiger partial charge in [0.2, 0.25) is 23.6 Å². The van der Waals surface area contributed by atoms with Crippen LogP contribution >= 0.6 is 0 Å². The molecule has 6 atom stereocenters. The van der Waals surface area contributed by atoms with Gasteiger partial charge in [0.15, 0.2) is 0 Å². The first-order valence-corrected chi connectivity index (χ1v) is 16.7. The molecule has 0 bridgehead atoms. The topological polar surface area (TPSA) is 204 Å². The predicted octanol–water partition coefficient (Wildman–Crippen LogP) is 2.11. The fraction of sp³-hybridized carbons (Fsp3) is 0.758. The maximum atomic E-state index is 13.5. The van der Waals surface area contributed by atoms with Crippen molar-refractivity contribution in [1.82, 2.24) is 36.4 Å². The van der Waals surface area contributed by atoms with Crippen molar-refractivity contribution < 1.29 is 34.2 Å². The number of nitrogens with one attached hydrogen (secondary N) is 5. The molecular formula is C33H59N7O7. The molecule has 0 spiro atoms. The Labute approximate surface area is 279 Å². The number of carboxylic acid groups (broad SMARTS) is 1. The Bertz CT molecular complexity index is 1180. The van der Waals surface area contributed by atoms with Gasteiger partial charge in [-0.05, 0) is 56.9 Å². The number of hydrogen-bond acceptors (Lipinski definition) is 7. The number of carbonyl (C=O) groups is 5. The molecule has 1 rings (SSSR count). The number of nitrogens with zero attached hydrogens (tertiary/aromatic N) is 2. The summed E-state index contributed by atoms with van der Waals surface area (Å²) in [4.78, 5) is 64.0. The highest BCUT2D eigenvalue weighted by Crippen LogP contribution is 2.17. The average molecular weight is 666 g/mol. The van der Waals surface area contributed by atoms with E-state index in [4.69, 9.17) is 0 Å². The van der Waals surface area contributed by atoms with Gasteiger partial charge in [-0.1, -0.05) is 55.4 Å². The second-order valence-electron chi connectivity index (χ2n) is 13.8. The van der Waals surface area contributed by atoms with Crippen LogP contribution in [0.5, 0.6) is 0 Å². The predicted molar refractivity (Wildman–Crippen MR) is 179 cm³/mol. The summed E-state index contributed by atoms with van der Waals surface area (Å²) >= 11 is 0. The molecule has 0 unspecified atom stereocenters. The minimum Gasteiger partial charge on any atom is -0.465 e. The number of aliphatic hydroxyl groups is 1. The van der Waals surface area contributed by atoms with E-state index in [9.17, 15) is 34.2 Å². The van der Waals surface area contributed by atoms with Crippen molar-refractivity contribution in [2.75, 3.05) is 13.1 Å². The summed E-state index contributed by atoms with van der Waals surface area (Å²) in [7, 11) is 0. The molecule has 268 valence electrons. The third-order valence-corrected chi connectivity index (χ3v) is 7.94. The van der Waals surface area contributed by atoms with Gasteiger partial charge < -0.3 is 36.8 Å². The molecular weight excluding hydrogens is 606 g/mol. The molecule has 14 nitrogen and oxygen atoms in total. The average Bonchev–Trinajstić information content (AvgIpc) is 3.29. The Morgan fingerprint density at radius 3 is 1.94 bits per heavy atom. The molecule has 5 amide bonds. The first kappa shape index (κ1) is 41.3. The molecule has 0 aliphatic carbocycles. The van der Waals surface area contributed by atoms with Crippen LogP contribution in [0.3, 0.4) is 0 Å². The molecule has 1 heterocycles. The molecule has 1 aromatic rings. The van der Waals surface area contributed by atoms with Gasteiger partial charge in [-0.15, -0.1) is 0 Å². The summed E-state index contributed by atoms with van der Waals surface area (Å²) in [6.07, 6.45) is -1.70. The minimum atomic E-state index is -1.36. The van der Waals surface area contributed by atoms with Crippen LogP contribution in [0.1, 0.15) is 86.0 Å². The Morgan fingerprint density at radius 2 is 1.45 bits per heavy atom. The maximum absolute atomic E-state index is 13.5. The van der Waals surface area contributed by atoms with Gasteiger partial charge in [-0.2, -0.15) is 5.10 Å². The van der Waals surface area contributed by atoms with Crippen LogP contribution in [0, 0.1) is 43.4 Å². The molecule has 0 radical (unpaired) electrons. The summed E-state index contributed by atoms with van der Waals surface area (Å²) in [6.45, 7) is 19.1. The zero-order valence-electron chi connectivity index (χ0n) is 29.8. The van der Waals surface area contributed by atoms with E-state index in [0.717, 1.165) is 11.4 Å². The van der Waals surface area contributed by atoms with Crippen LogP contribution in [0.4, 0.5) is 4.79 Å². The Morgan fingerprint density at radius 1 is 0.809 bits per heavy atom. The fourth-order valence-corrected chi connectivity index (χ4v) is 5.14. The molecule has 0 saturated heterocycles. The molecule has 0 aromatic carbocycles. The Balaban J connectivity index is 3.05. The highest BCUT2D eigenvalue weighted by molar-refractivity contribution is 5.90. The van der Waals surface area contributed by atoms with E-state index in [1.807, 2.05) is 68.4 Å². The molecule has 0 fully saturated rings. The van der Waals surface area contributed by atoms with E-state index in [-0.39, 0.29) is 43.2 Å². The van der Waals surface area contributed by atoms with E-state index in [0.29, 0.717) is 19.4 Å². The van der Waals surface area contributed by atoms with Crippen molar-refractivity contribution in [3.63, 3.8) is 0 Å². The Hall–Kier alpha value is -3.68. The van der Waals surface area contributed by atoms with E-state index in [1.165, 1.54) is 0 Å². The number of hydrogen-bond donors (Lipinski definition) is 7. The van der Waals surface area contributed by atoms with Gasteiger partial charge in [-0.25, -0.2) is 4.79 Å². The van der Waals surface area contributed by atoms with E-state index in [1.54, 1.807) is 11.6 Å². The quantitative estimate of drug-likeness (QED) is 0.110. The van der Waals surface area contributed by atoms with Crippen molar-refractivity contribution in [2.45, 2.75) is 119 Å². The van der Waals surface area contributed by atoms with Crippen molar-refractivity contribution in [2.24, 2.45) is 29.6 Å². The van der Waals surface area contributed by atoms with Crippen LogP contribution in [0.15, 0.2) is 6.07 Å². The van der Waals surface area contributed by atoms with Crippen molar-refractivity contribution in [3.05, 3.63) is 17.5 Å². The van der Waals surface area contributed by atoms with Crippen molar-refractivity contribution in [3.8, 4) is 0 Å². The second kappa shape index (κ2) is 19.9. The molecule has 1 aromatic heterocycles. The molecule has 14 heteroatoms. The fourth-order valence-electron chi connectivity index (χ4n) is 5.14. The first-order valence-electron chi connectivity index (χ1n) is 16.7. The van der Waals surface area contributed by atoms with Gasteiger partial charge in [0.25, 0.3) is 0 Å². The van der Waals surface area contributed by atoms with E-state index < -0.39 is 59.9 Å². The summed E-state index contributed by atoms with van der Waals surface area (Å²) < 4.78 is 1.72. The number of aromatic nitrogens is 2. The lowest BCUT2D eigenvalue weighted by Crippen LogP contribution is -2.57. The first-order chi connectivity index (χ1) is 21.9. The minimum absolute atomic E-state index is 0.00707. The van der Waals surface area contributed by atoms with Crippen LogP contribution in [0.2, 0.25) is 0 Å². The van der Waals surface area contributed by atoms with Crippen LogP contribution in [0.25, 0.3) is 0 Å². The smallest absolute Gasteiger partial charge is 0.404 e. The summed E-state index contributed by atoms with van der Waals surface area (Å²) in [6, 6.07) is -0.901. The van der Waals surface area contributed by atoms with Gasteiger partial charge in [-0.3, -0.25) is 23.9 Å². The SMILES string of the molecule is CC[C@@H](Cn1nc(C)cc1C)C(=O)N[C@@H](CNC(=O)O)C(=O)N[C@@H](CC(C)C)[C@H](O)C[C@@H](C)C(=O)N[C@H](C(=O)NCC(C)C)C(C)C. The zero-order valence-corrected chi connectivity index (χ0v) is 29.8. The lowest BCUT2D eigenvalue weighted by molar-refractivity contribution is -0.133. The summed E-state index contributed by atoms with van der Waals surface area (Å²) in [5.74, 6) is -2.88. The zero-order chi connectivity index (χ0) is 36.0. The largest absolute Gasteiger partial charge is 0.465 e. The molecule has 47 heavy (non-hydrogen) atoms. The summed E-state index contributed by atoms with van der Waals surface area (Å²) in [5, 5.41) is 38.2. The van der Waals surface area contributed by atoms with Crippen LogP contribution in [-0.2, 0) is 25.7 Å². The second-order valence-corrected chi connectivity index (χ2v) is 13.8. The number of amides is 5. The lowest BCUT2D eigenvalue weighted by Gasteiger charge is -2.30. The number of aliphatic hydroxyl groups excluding tert-OH is 1. The number of carbonyl (C=O) groups excluding carboxylic acids is 4. The molecule has 0 aliphatic rings. The number of aryl methyl sites for hydroxylation is 2. The molecule has 0 aliphatic heterocycles. The van der Waals surface area contributed by atoms with Gasteiger partial charge >= 0.3 is 6.09 Å². The van der Waals surface area contributed by atoms with E-state index in [2.05, 4.69) is 31.7 Å². The van der Waals surface area contributed by atoms with Crippen LogP contribution < -0.4 is 26.6 Å². The third kappa shape index (κ3) is 14.7. The maximum Gasteiger partial charge on any atom is 0.404 e. The normalized spacial score (nSPS) is 15.4. The highest BCUT2D eigenvalue weighted by atomic mass is 16.4. The highest BCUT2D eigenvalue weighted by Gasteiger charge is 2.32. The van der Waals surface area contributed by atoms with Crippen molar-refractivity contribution in [1.29, 1.82) is 0 Å². The molecule has 0 saturated carbocycles. The number of rotatable bonds is 20. The third-order valence-electron chi connectivity index (χ3n) is 7.94. The summed E-state index contributed by atoms with van der Waals surface area (Å²) in [5.41, 5.74) is 1.70. The standard InChI is InChI=1S/C33H59N7O7/c1-11-24(17-40-23(10)14-22(9)39-40)30(43)37-26(16-35-33(46)47)31(44)36-25(12-18(2)3)27(41)13-21(8)29(42)38-28(20(6)7)32(45)34-15-19(4)5/h14,18-21,24-28,35,41H,11-13,15-17H2,1-10H3,(H,34,45)(H,36,44)(H,37,43)(H,38,42)(H,46,47)/t21-,24+,25+,26+,27-,28+/m1/s1. The Kier molecular flexibility index (Phi) is 17.5. The van der Waals surface area contributed by atoms with E-state index >= 15 is 0 Å². The lowest BCUT2D eigenvalue weighted by atomic mass is 9.91. The molecule has 7 N–H and O–H groups in total. The van der Waals surface area contributed by atoms with Gasteiger partial charge in [0.1, 0.15) is 12.1 Å². The van der Waals surface area contributed by atoms with Crippen molar-refractivity contribution >= 4 is 29.7 Å².